The summed E-state index contributed by atoms with van der Waals surface area (Å²) in [6.07, 6.45) is 2.29. The van der Waals surface area contributed by atoms with Gasteiger partial charge >= 0.3 is 5.97 Å². The van der Waals surface area contributed by atoms with Gasteiger partial charge in [0.15, 0.2) is 10.9 Å². The van der Waals surface area contributed by atoms with Gasteiger partial charge < -0.3 is 24.7 Å². The molecule has 4 heterocycles. The lowest BCUT2D eigenvalue weighted by Crippen LogP contribution is -2.55. The number of rotatable bonds is 9. The largest absolute Gasteiger partial charge is 0.462 e. The van der Waals surface area contributed by atoms with Gasteiger partial charge in [-0.3, -0.25) is 9.78 Å². The van der Waals surface area contributed by atoms with Crippen LogP contribution in [0.4, 0.5) is 9.52 Å². The molecular formula is C26H28ClFN6O4S. The molecule has 1 saturated heterocycles. The van der Waals surface area contributed by atoms with Crippen molar-refractivity contribution in [2.45, 2.75) is 45.8 Å². The van der Waals surface area contributed by atoms with Crippen molar-refractivity contribution < 1.29 is 23.5 Å². The zero-order chi connectivity index (χ0) is 28.1. The molecule has 10 nitrogen and oxygen atoms in total. The number of thiazole rings is 1. The number of nitriles is 1. The second kappa shape index (κ2) is 12.5. The second-order valence-electron chi connectivity index (χ2n) is 8.88. The summed E-state index contributed by atoms with van der Waals surface area (Å²) >= 11 is 7.26. The van der Waals surface area contributed by atoms with E-state index < -0.39 is 23.8 Å². The molecule has 1 amide bonds. The summed E-state index contributed by atoms with van der Waals surface area (Å²) in [6, 6.07) is 4.35. The third-order valence-electron chi connectivity index (χ3n) is 6.19. The van der Waals surface area contributed by atoms with Crippen molar-refractivity contribution in [3.8, 4) is 17.5 Å². The normalized spacial score (nSPS) is 17.1. The molecule has 2 atom stereocenters. The molecule has 0 saturated carbocycles. The number of halogens is 2. The van der Waals surface area contributed by atoms with Crippen molar-refractivity contribution in [1.29, 1.82) is 5.26 Å². The van der Waals surface area contributed by atoms with Gasteiger partial charge in [0.2, 0.25) is 0 Å². The molecule has 3 aromatic rings. The van der Waals surface area contributed by atoms with Crippen molar-refractivity contribution in [3.63, 3.8) is 0 Å². The zero-order valence-electron chi connectivity index (χ0n) is 21.7. The number of anilines is 1. The number of ether oxygens (including phenoxy) is 2. The predicted molar refractivity (Wildman–Crippen MR) is 145 cm³/mol. The lowest BCUT2D eigenvalue weighted by atomic mass is 10.0. The SMILES string of the molecule is CCCO[C@H]1CN(c2nc(-c3ncccc3F)c(C(=O)OCC)s2)CC[C@H]1NC(=O)c1[nH]c(C)c(Cl)c1C#N. The van der Waals surface area contributed by atoms with E-state index in [2.05, 4.69) is 20.3 Å². The molecular weight excluding hydrogens is 547 g/mol. The summed E-state index contributed by atoms with van der Waals surface area (Å²) in [5, 5.41) is 13.2. The van der Waals surface area contributed by atoms with E-state index in [9.17, 15) is 19.2 Å². The highest BCUT2D eigenvalue weighted by atomic mass is 35.5. The maximum Gasteiger partial charge on any atom is 0.350 e. The molecule has 0 aromatic carbocycles. The Hall–Kier alpha value is -3.53. The van der Waals surface area contributed by atoms with Crippen LogP contribution in [0.15, 0.2) is 18.3 Å². The molecule has 0 aliphatic carbocycles. The van der Waals surface area contributed by atoms with Crippen molar-refractivity contribution in [2.24, 2.45) is 0 Å². The molecule has 206 valence electrons. The average molecular weight is 575 g/mol. The van der Waals surface area contributed by atoms with Crippen LogP contribution in [0.1, 0.15) is 58.1 Å². The van der Waals surface area contributed by atoms with E-state index in [0.717, 1.165) is 17.8 Å². The highest BCUT2D eigenvalue weighted by Crippen LogP contribution is 2.35. The van der Waals surface area contributed by atoms with Gasteiger partial charge in [-0.05, 0) is 38.8 Å². The molecule has 1 aliphatic heterocycles. The van der Waals surface area contributed by atoms with Gasteiger partial charge in [-0.15, -0.1) is 0 Å². The summed E-state index contributed by atoms with van der Waals surface area (Å²) < 4.78 is 25.9. The van der Waals surface area contributed by atoms with Gasteiger partial charge in [0.05, 0.1) is 23.8 Å². The molecule has 4 rings (SSSR count). The molecule has 1 fully saturated rings. The van der Waals surface area contributed by atoms with Crippen LogP contribution in [0.25, 0.3) is 11.4 Å². The monoisotopic (exact) mass is 574 g/mol. The molecule has 0 unspecified atom stereocenters. The van der Waals surface area contributed by atoms with E-state index in [1.807, 2.05) is 17.9 Å². The Kier molecular flexibility index (Phi) is 9.16. The zero-order valence-corrected chi connectivity index (χ0v) is 23.3. The Bertz CT molecular complexity index is 1400. The molecule has 3 aromatic heterocycles. The number of aromatic amines is 1. The van der Waals surface area contributed by atoms with Gasteiger partial charge in [-0.2, -0.15) is 5.26 Å². The number of H-pyrrole nitrogens is 1. The van der Waals surface area contributed by atoms with Crippen LogP contribution < -0.4 is 10.2 Å². The molecule has 2 N–H and O–H groups in total. The molecule has 1 aliphatic rings. The maximum absolute atomic E-state index is 14.6. The van der Waals surface area contributed by atoms with Gasteiger partial charge in [0.1, 0.15) is 33.6 Å². The van der Waals surface area contributed by atoms with Crippen LogP contribution in [0.5, 0.6) is 0 Å². The number of esters is 1. The van der Waals surface area contributed by atoms with E-state index >= 15 is 0 Å². The summed E-state index contributed by atoms with van der Waals surface area (Å²) in [4.78, 5) is 39.5. The summed E-state index contributed by atoms with van der Waals surface area (Å²) in [6.45, 7) is 6.84. The number of nitrogens with one attached hydrogen (secondary N) is 2. The Labute approximate surface area is 234 Å². The van der Waals surface area contributed by atoms with Crippen molar-refractivity contribution in [3.05, 3.63) is 51.0 Å². The minimum Gasteiger partial charge on any atom is -0.462 e. The Morgan fingerprint density at radius 1 is 1.38 bits per heavy atom. The molecule has 39 heavy (non-hydrogen) atoms. The minimum atomic E-state index is -0.601. The number of nitrogens with zero attached hydrogens (tertiary/aromatic N) is 4. The van der Waals surface area contributed by atoms with Crippen molar-refractivity contribution >= 4 is 39.9 Å². The smallest absolute Gasteiger partial charge is 0.350 e. The van der Waals surface area contributed by atoms with E-state index in [-0.39, 0.29) is 45.2 Å². The molecule has 0 radical (unpaired) electrons. The molecule has 0 spiro atoms. The Balaban J connectivity index is 1.59. The van der Waals surface area contributed by atoms with Gasteiger partial charge in [-0.25, -0.2) is 14.2 Å². The third kappa shape index (κ3) is 6.06. The first-order valence-corrected chi connectivity index (χ1v) is 13.7. The van der Waals surface area contributed by atoms with E-state index in [0.29, 0.717) is 36.9 Å². The maximum atomic E-state index is 14.6. The Morgan fingerprint density at radius 2 is 2.18 bits per heavy atom. The first-order chi connectivity index (χ1) is 18.8. The van der Waals surface area contributed by atoms with Gasteiger partial charge in [0, 0.05) is 31.6 Å². The average Bonchev–Trinajstić information content (AvgIpc) is 3.49. The number of carbonyl (C=O) groups is 2. The number of hydrogen-bond donors (Lipinski definition) is 2. The van der Waals surface area contributed by atoms with Crippen LogP contribution in [-0.2, 0) is 9.47 Å². The fraction of sp³-hybridized carbons (Fsp3) is 0.423. The first kappa shape index (κ1) is 28.5. The summed E-state index contributed by atoms with van der Waals surface area (Å²) in [7, 11) is 0. The van der Waals surface area contributed by atoms with Gasteiger partial charge in [-0.1, -0.05) is 29.9 Å². The predicted octanol–water partition coefficient (Wildman–Crippen LogP) is 4.49. The van der Waals surface area contributed by atoms with Crippen LogP contribution in [0.2, 0.25) is 5.02 Å². The number of aromatic nitrogens is 3. The van der Waals surface area contributed by atoms with E-state index in [1.165, 1.54) is 18.3 Å². The highest BCUT2D eigenvalue weighted by Gasteiger charge is 2.35. The third-order valence-corrected chi connectivity index (χ3v) is 7.76. The quantitative estimate of drug-likeness (QED) is 0.357. The number of piperidine rings is 1. The number of amides is 1. The van der Waals surface area contributed by atoms with E-state index in [1.54, 1.807) is 13.8 Å². The van der Waals surface area contributed by atoms with Crippen molar-refractivity contribution in [1.82, 2.24) is 20.3 Å². The Morgan fingerprint density at radius 3 is 2.87 bits per heavy atom. The lowest BCUT2D eigenvalue weighted by Gasteiger charge is -2.38. The van der Waals surface area contributed by atoms with E-state index in [4.69, 9.17) is 21.1 Å². The second-order valence-corrected chi connectivity index (χ2v) is 10.2. The number of pyridine rings is 1. The number of carbonyl (C=O) groups excluding carboxylic acids is 2. The van der Waals surface area contributed by atoms with Crippen LogP contribution in [0, 0.1) is 24.1 Å². The number of aryl methyl sites for hydroxylation is 1. The summed E-state index contributed by atoms with van der Waals surface area (Å²) in [5.41, 5.74) is 0.831. The summed E-state index contributed by atoms with van der Waals surface area (Å²) in [5.74, 6) is -1.64. The highest BCUT2D eigenvalue weighted by molar-refractivity contribution is 7.17. The van der Waals surface area contributed by atoms with Crippen LogP contribution in [0.3, 0.4) is 0 Å². The fourth-order valence-electron chi connectivity index (χ4n) is 4.31. The lowest BCUT2D eigenvalue weighted by molar-refractivity contribution is 0.0205. The molecule has 0 bridgehead atoms. The molecule has 13 heteroatoms. The van der Waals surface area contributed by atoms with Crippen LogP contribution >= 0.6 is 22.9 Å². The fourth-order valence-corrected chi connectivity index (χ4v) is 5.49. The standard InChI is InChI=1S/C26H28ClFN6O4S/c1-4-11-38-18-13-34(10-8-17(18)32-24(35)20-15(12-29)19(27)14(3)31-20)26-33-22(21-16(28)7-6-9-30-21)23(39-26)25(36)37-5-2/h6-7,9,17-18,31H,4-5,8,10-11,13H2,1-3H3,(H,32,35)/t17-,18+/m1/s1. The first-order valence-electron chi connectivity index (χ1n) is 12.5. The topological polar surface area (TPSA) is 133 Å². The number of hydrogen-bond acceptors (Lipinski definition) is 9. The van der Waals surface area contributed by atoms with Crippen molar-refractivity contribution in [2.75, 3.05) is 31.2 Å². The van der Waals surface area contributed by atoms with Crippen LogP contribution in [-0.4, -0.2) is 65.3 Å². The minimum absolute atomic E-state index is 0.0304. The van der Waals surface area contributed by atoms with Gasteiger partial charge in [0.25, 0.3) is 5.91 Å².